The van der Waals surface area contributed by atoms with Crippen molar-refractivity contribution in [3.05, 3.63) is 35.9 Å². The highest BCUT2D eigenvalue weighted by molar-refractivity contribution is 14.1. The molecular weight excluding hydrogens is 485 g/mol. The van der Waals surface area contributed by atoms with Crippen LogP contribution in [0.3, 0.4) is 0 Å². The number of hydrogen-bond donors (Lipinski definition) is 0. The predicted octanol–water partition coefficient (Wildman–Crippen LogP) is 3.56. The number of carbonyl (C=O) groups is 2. The highest BCUT2D eigenvalue weighted by Crippen LogP contribution is 2.56. The number of benzene rings is 1. The van der Waals surface area contributed by atoms with Crippen LogP contribution in [0.4, 0.5) is 0 Å². The van der Waals surface area contributed by atoms with Gasteiger partial charge in [0.1, 0.15) is 11.8 Å². The quantitative estimate of drug-likeness (QED) is 0.349. The summed E-state index contributed by atoms with van der Waals surface area (Å²) in [6.45, 7) is 8.44. The van der Waals surface area contributed by atoms with E-state index < -0.39 is 29.6 Å². The number of nitrogens with zero attached hydrogens (tertiary/aromatic N) is 1. The van der Waals surface area contributed by atoms with E-state index in [-0.39, 0.29) is 17.9 Å². The van der Waals surface area contributed by atoms with Crippen LogP contribution in [0.25, 0.3) is 0 Å². The van der Waals surface area contributed by atoms with E-state index >= 15 is 0 Å². The minimum atomic E-state index is -1.10. The average Bonchev–Trinajstić information content (AvgIpc) is 3.32. The van der Waals surface area contributed by atoms with E-state index in [1.165, 1.54) is 0 Å². The standard InChI is InChI=1S/C21H27NO5.CH3I/c1-19(2,3)18-22-17(24)15-10-16(25-11-14-8-6-5-7-9-14)27-20(15,4)21(22,12-23)13-26-18;1-2/h5-9,12,15-16,18H,10-11,13H2,1-4H3;1H3/t15-,16?,18-,20-,21-;/m0./s1. The lowest BCUT2D eigenvalue weighted by Gasteiger charge is -2.40. The predicted molar refractivity (Wildman–Crippen MR) is 117 cm³/mol. The van der Waals surface area contributed by atoms with Gasteiger partial charge in [0.2, 0.25) is 5.91 Å². The normalized spacial score (nSPS) is 35.7. The van der Waals surface area contributed by atoms with Gasteiger partial charge in [-0.3, -0.25) is 9.69 Å². The van der Waals surface area contributed by atoms with Crippen molar-refractivity contribution in [1.82, 2.24) is 4.90 Å². The summed E-state index contributed by atoms with van der Waals surface area (Å²) in [7, 11) is 0. The molecule has 3 saturated heterocycles. The minimum Gasteiger partial charge on any atom is -0.355 e. The molecule has 6 nitrogen and oxygen atoms in total. The fourth-order valence-electron chi connectivity index (χ4n) is 4.69. The molecule has 3 heterocycles. The molecule has 160 valence electrons. The third-order valence-corrected chi connectivity index (χ3v) is 6.20. The van der Waals surface area contributed by atoms with Crippen LogP contribution < -0.4 is 0 Å². The van der Waals surface area contributed by atoms with Gasteiger partial charge in [-0.25, -0.2) is 0 Å². The van der Waals surface area contributed by atoms with Gasteiger partial charge in [0.05, 0.1) is 19.1 Å². The fourth-order valence-corrected chi connectivity index (χ4v) is 4.69. The molecule has 0 aromatic heterocycles. The topological polar surface area (TPSA) is 65.1 Å². The van der Waals surface area contributed by atoms with Gasteiger partial charge >= 0.3 is 0 Å². The summed E-state index contributed by atoms with van der Waals surface area (Å²) in [4.78, 5) is 29.1. The fraction of sp³-hybridized carbons (Fsp3) is 0.636. The molecule has 7 heteroatoms. The van der Waals surface area contributed by atoms with Gasteiger partial charge in [0, 0.05) is 11.8 Å². The van der Waals surface area contributed by atoms with Gasteiger partial charge in [-0.1, -0.05) is 73.7 Å². The second-order valence-corrected chi connectivity index (χ2v) is 9.02. The molecule has 29 heavy (non-hydrogen) atoms. The van der Waals surface area contributed by atoms with Gasteiger partial charge in [-0.2, -0.15) is 0 Å². The monoisotopic (exact) mass is 515 g/mol. The second kappa shape index (κ2) is 8.24. The lowest BCUT2D eigenvalue weighted by molar-refractivity contribution is -0.195. The number of hydrogen-bond acceptors (Lipinski definition) is 5. The van der Waals surface area contributed by atoms with E-state index in [0.717, 1.165) is 11.8 Å². The van der Waals surface area contributed by atoms with Gasteiger partial charge in [0.15, 0.2) is 18.1 Å². The lowest BCUT2D eigenvalue weighted by Crippen LogP contribution is -2.60. The molecule has 3 aliphatic heterocycles. The summed E-state index contributed by atoms with van der Waals surface area (Å²) in [5.41, 5.74) is -1.30. The van der Waals surface area contributed by atoms with Crippen molar-refractivity contribution < 1.29 is 23.8 Å². The molecule has 1 aromatic rings. The first-order valence-corrected chi connectivity index (χ1v) is 12.0. The summed E-state index contributed by atoms with van der Waals surface area (Å²) in [6.07, 6.45) is 0.336. The molecule has 0 saturated carbocycles. The maximum Gasteiger partial charge on any atom is 0.231 e. The first-order chi connectivity index (χ1) is 13.7. The van der Waals surface area contributed by atoms with Gasteiger partial charge < -0.3 is 19.0 Å². The number of fused-ring (bicyclic) bond motifs is 3. The van der Waals surface area contributed by atoms with E-state index in [4.69, 9.17) is 14.2 Å². The Labute approximate surface area is 186 Å². The zero-order valence-corrected chi connectivity index (χ0v) is 19.8. The first kappa shape index (κ1) is 22.7. The molecule has 0 bridgehead atoms. The Morgan fingerprint density at radius 2 is 1.93 bits per heavy atom. The van der Waals surface area contributed by atoms with Crippen LogP contribution in [0.5, 0.6) is 0 Å². The zero-order chi connectivity index (χ0) is 21.4. The van der Waals surface area contributed by atoms with Crippen molar-refractivity contribution in [3.8, 4) is 0 Å². The van der Waals surface area contributed by atoms with Crippen LogP contribution in [-0.4, -0.2) is 52.3 Å². The SMILES string of the molecule is CC(C)(C)[C@@H]1OC[C@]2(C=O)N1C(=O)[C@@H]1CC(OCc3ccccc3)O[C@@]12C.CI. The molecule has 3 aliphatic rings. The van der Waals surface area contributed by atoms with Crippen LogP contribution in [0.1, 0.15) is 39.7 Å². The first-order valence-electron chi connectivity index (χ1n) is 9.85. The van der Waals surface area contributed by atoms with Crippen LogP contribution in [0.2, 0.25) is 0 Å². The number of halogens is 1. The number of carbonyl (C=O) groups excluding carboxylic acids is 2. The lowest BCUT2D eigenvalue weighted by atomic mass is 9.78. The summed E-state index contributed by atoms with van der Waals surface area (Å²) >= 11 is 2.15. The second-order valence-electron chi connectivity index (χ2n) is 9.02. The summed E-state index contributed by atoms with van der Waals surface area (Å²) in [5, 5.41) is 0. The van der Waals surface area contributed by atoms with Crippen molar-refractivity contribution in [2.24, 2.45) is 11.3 Å². The van der Waals surface area contributed by atoms with Crippen LogP contribution in [-0.2, 0) is 30.4 Å². The zero-order valence-electron chi connectivity index (χ0n) is 17.7. The van der Waals surface area contributed by atoms with Crippen molar-refractivity contribution in [3.63, 3.8) is 0 Å². The van der Waals surface area contributed by atoms with E-state index in [9.17, 15) is 9.59 Å². The molecule has 0 N–H and O–H groups in total. The average molecular weight is 515 g/mol. The summed E-state index contributed by atoms with van der Waals surface area (Å²) in [5.74, 6) is -0.481. The van der Waals surface area contributed by atoms with Crippen molar-refractivity contribution in [2.45, 2.75) is 64.4 Å². The number of aldehydes is 1. The van der Waals surface area contributed by atoms with Crippen LogP contribution in [0, 0.1) is 11.3 Å². The maximum absolute atomic E-state index is 13.3. The summed E-state index contributed by atoms with van der Waals surface area (Å²) in [6, 6.07) is 9.82. The molecule has 4 rings (SSSR count). The van der Waals surface area contributed by atoms with E-state index in [1.807, 2.05) is 63.0 Å². The molecule has 0 spiro atoms. The van der Waals surface area contributed by atoms with Crippen molar-refractivity contribution >= 4 is 34.8 Å². The Balaban J connectivity index is 0.00000117. The Morgan fingerprint density at radius 3 is 2.52 bits per heavy atom. The largest absolute Gasteiger partial charge is 0.355 e. The van der Waals surface area contributed by atoms with E-state index in [0.29, 0.717) is 13.0 Å². The Morgan fingerprint density at radius 1 is 1.28 bits per heavy atom. The Bertz CT molecular complexity index is 751. The van der Waals surface area contributed by atoms with Gasteiger partial charge in [0.25, 0.3) is 0 Å². The molecule has 3 fully saturated rings. The van der Waals surface area contributed by atoms with Gasteiger partial charge in [-0.15, -0.1) is 0 Å². The molecule has 5 atom stereocenters. The number of amides is 1. The van der Waals surface area contributed by atoms with Crippen molar-refractivity contribution in [2.75, 3.05) is 11.5 Å². The smallest absolute Gasteiger partial charge is 0.231 e. The van der Waals surface area contributed by atoms with Crippen LogP contribution in [0.15, 0.2) is 30.3 Å². The Hall–Kier alpha value is -1.03. The molecule has 0 radical (unpaired) electrons. The number of ether oxygens (including phenoxy) is 3. The third-order valence-electron chi connectivity index (χ3n) is 6.20. The van der Waals surface area contributed by atoms with E-state index in [1.54, 1.807) is 4.90 Å². The number of alkyl halides is 1. The molecule has 1 aromatic carbocycles. The summed E-state index contributed by atoms with van der Waals surface area (Å²) < 4.78 is 18.1. The molecule has 1 amide bonds. The van der Waals surface area contributed by atoms with E-state index in [2.05, 4.69) is 22.6 Å². The van der Waals surface area contributed by atoms with Gasteiger partial charge in [-0.05, 0) is 17.4 Å². The maximum atomic E-state index is 13.3. The molecule has 1 unspecified atom stereocenters. The number of rotatable bonds is 4. The Kier molecular flexibility index (Phi) is 6.44. The highest BCUT2D eigenvalue weighted by Gasteiger charge is 2.75. The molecular formula is C22H30INO5. The third kappa shape index (κ3) is 3.54. The van der Waals surface area contributed by atoms with Crippen LogP contribution >= 0.6 is 22.6 Å². The van der Waals surface area contributed by atoms with Crippen molar-refractivity contribution in [1.29, 1.82) is 0 Å². The minimum absolute atomic E-state index is 0.0761. The highest BCUT2D eigenvalue weighted by atomic mass is 127. The molecule has 0 aliphatic carbocycles.